The van der Waals surface area contributed by atoms with Crippen LogP contribution in [0.2, 0.25) is 0 Å². The minimum absolute atomic E-state index is 0.179. The van der Waals surface area contributed by atoms with E-state index in [0.717, 1.165) is 24.0 Å². The summed E-state index contributed by atoms with van der Waals surface area (Å²) >= 11 is 0. The van der Waals surface area contributed by atoms with E-state index in [2.05, 4.69) is 28.4 Å². The van der Waals surface area contributed by atoms with Gasteiger partial charge in [0.25, 0.3) is 0 Å². The van der Waals surface area contributed by atoms with E-state index in [-0.39, 0.29) is 5.82 Å². The molecule has 3 nitrogen and oxygen atoms in total. The summed E-state index contributed by atoms with van der Waals surface area (Å²) in [5, 5.41) is 4.80. The molecule has 19 heavy (non-hydrogen) atoms. The molecule has 2 aromatic rings. The molecule has 4 heteroatoms. The van der Waals surface area contributed by atoms with Crippen LogP contribution in [0.4, 0.5) is 4.39 Å². The van der Waals surface area contributed by atoms with E-state index in [0.29, 0.717) is 18.0 Å². The third kappa shape index (κ3) is 1.63. The number of nitrogens with zero attached hydrogens (tertiary/aromatic N) is 1. The second-order valence-corrected chi connectivity index (χ2v) is 5.82. The minimum Gasteiger partial charge on any atom is -0.361 e. The molecule has 2 unspecified atom stereocenters. The molecule has 0 amide bonds. The summed E-state index contributed by atoms with van der Waals surface area (Å²) in [5.74, 6) is 0.318. The van der Waals surface area contributed by atoms with Crippen LogP contribution < -0.4 is 5.32 Å². The summed E-state index contributed by atoms with van der Waals surface area (Å²) in [6.07, 6.45) is 3.29. The number of fused-ring (bicyclic) bond motifs is 2. The molecule has 2 fully saturated rings. The lowest BCUT2D eigenvalue weighted by molar-refractivity contribution is 0.289. The lowest BCUT2D eigenvalue weighted by Gasteiger charge is -2.24. The number of likely N-dealkylation sites (N-methyl/N-ethyl adjacent to an activating group) is 1. The highest BCUT2D eigenvalue weighted by Gasteiger charge is 2.43. The van der Waals surface area contributed by atoms with Crippen molar-refractivity contribution in [3.8, 4) is 0 Å². The van der Waals surface area contributed by atoms with Crippen molar-refractivity contribution in [1.82, 2.24) is 15.2 Å². The van der Waals surface area contributed by atoms with Crippen LogP contribution in [0.5, 0.6) is 0 Å². The van der Waals surface area contributed by atoms with Crippen molar-refractivity contribution in [1.29, 1.82) is 0 Å². The predicted octanol–water partition coefficient (Wildman–Crippen LogP) is 2.07. The number of aromatic nitrogens is 1. The standard InChI is InChI=1S/C15H18FN3/c1-19-5-4-13-15(19)12(8-17-13)11-7-18-14-6-9(16)2-3-10(11)14/h2-3,6-7,12-13,15,17-18H,4-5,8H2,1H3/t12-,13?,15?/m1/s1. The molecular weight excluding hydrogens is 241 g/mol. The summed E-state index contributed by atoms with van der Waals surface area (Å²) in [5.41, 5.74) is 2.22. The third-order valence-electron chi connectivity index (χ3n) is 4.80. The largest absolute Gasteiger partial charge is 0.361 e. The number of halogens is 1. The Bertz CT molecular complexity index is 621. The molecule has 0 bridgehead atoms. The van der Waals surface area contributed by atoms with E-state index in [1.165, 1.54) is 12.0 Å². The Balaban J connectivity index is 1.78. The fraction of sp³-hybridized carbons (Fsp3) is 0.467. The van der Waals surface area contributed by atoms with E-state index < -0.39 is 0 Å². The van der Waals surface area contributed by atoms with E-state index in [4.69, 9.17) is 0 Å². The SMILES string of the molecule is CN1CCC2NC[C@H](c3c[nH]c4cc(F)ccc34)C21. The van der Waals surface area contributed by atoms with Crippen LogP contribution in [0.1, 0.15) is 17.9 Å². The summed E-state index contributed by atoms with van der Waals surface area (Å²) in [6, 6.07) is 6.22. The topological polar surface area (TPSA) is 31.1 Å². The number of likely N-dealkylation sites (tertiary alicyclic amines) is 1. The molecule has 3 atom stereocenters. The zero-order chi connectivity index (χ0) is 13.0. The Morgan fingerprint density at radius 1 is 1.37 bits per heavy atom. The number of nitrogens with one attached hydrogen (secondary N) is 2. The van der Waals surface area contributed by atoms with E-state index in [1.54, 1.807) is 12.1 Å². The molecule has 0 aliphatic carbocycles. The maximum Gasteiger partial charge on any atom is 0.125 e. The van der Waals surface area contributed by atoms with Gasteiger partial charge in [-0.25, -0.2) is 4.39 Å². The second-order valence-electron chi connectivity index (χ2n) is 5.82. The van der Waals surface area contributed by atoms with E-state index >= 15 is 0 Å². The molecule has 3 heterocycles. The van der Waals surface area contributed by atoms with Gasteiger partial charge in [0.15, 0.2) is 0 Å². The number of rotatable bonds is 1. The number of hydrogen-bond acceptors (Lipinski definition) is 2. The van der Waals surface area contributed by atoms with Gasteiger partial charge in [0.1, 0.15) is 5.82 Å². The molecule has 0 saturated carbocycles. The minimum atomic E-state index is -0.179. The molecule has 2 N–H and O–H groups in total. The van der Waals surface area contributed by atoms with Gasteiger partial charge in [-0.1, -0.05) is 0 Å². The van der Waals surface area contributed by atoms with Gasteiger partial charge in [-0.15, -0.1) is 0 Å². The molecule has 2 saturated heterocycles. The van der Waals surface area contributed by atoms with Gasteiger partial charge in [-0.05, 0) is 43.8 Å². The van der Waals surface area contributed by atoms with Gasteiger partial charge in [-0.3, -0.25) is 0 Å². The van der Waals surface area contributed by atoms with Gasteiger partial charge in [-0.2, -0.15) is 0 Å². The van der Waals surface area contributed by atoms with Crippen LogP contribution in [0.25, 0.3) is 10.9 Å². The van der Waals surface area contributed by atoms with Crippen molar-refractivity contribution in [3.05, 3.63) is 35.8 Å². The number of aromatic amines is 1. The van der Waals surface area contributed by atoms with Gasteiger partial charge in [0.2, 0.25) is 0 Å². The maximum absolute atomic E-state index is 13.3. The third-order valence-corrected chi connectivity index (χ3v) is 4.80. The lowest BCUT2D eigenvalue weighted by Crippen LogP contribution is -2.34. The quantitative estimate of drug-likeness (QED) is 0.821. The Hall–Kier alpha value is -1.39. The first-order valence-corrected chi connectivity index (χ1v) is 6.94. The highest BCUT2D eigenvalue weighted by atomic mass is 19.1. The first-order chi connectivity index (χ1) is 9.24. The first kappa shape index (κ1) is 11.4. The number of hydrogen-bond donors (Lipinski definition) is 2. The Morgan fingerprint density at radius 3 is 3.16 bits per heavy atom. The summed E-state index contributed by atoms with van der Waals surface area (Å²) < 4.78 is 13.3. The molecule has 1 aromatic heterocycles. The van der Waals surface area contributed by atoms with Crippen molar-refractivity contribution in [2.24, 2.45) is 0 Å². The smallest absolute Gasteiger partial charge is 0.125 e. The van der Waals surface area contributed by atoms with E-state index in [1.807, 2.05) is 6.07 Å². The zero-order valence-electron chi connectivity index (χ0n) is 11.0. The lowest BCUT2D eigenvalue weighted by atomic mass is 9.91. The second kappa shape index (κ2) is 4.05. The van der Waals surface area contributed by atoms with Crippen LogP contribution in [0.15, 0.2) is 24.4 Å². The molecule has 100 valence electrons. The van der Waals surface area contributed by atoms with Gasteiger partial charge in [0.05, 0.1) is 0 Å². The molecular formula is C15H18FN3. The van der Waals surface area contributed by atoms with Crippen molar-refractivity contribution >= 4 is 10.9 Å². The average molecular weight is 259 g/mol. The van der Waals surface area contributed by atoms with E-state index in [9.17, 15) is 4.39 Å². The van der Waals surface area contributed by atoms with Crippen molar-refractivity contribution < 1.29 is 4.39 Å². The number of benzene rings is 1. The highest BCUT2D eigenvalue weighted by Crippen LogP contribution is 2.37. The average Bonchev–Trinajstić information content (AvgIpc) is 3.05. The Morgan fingerprint density at radius 2 is 2.26 bits per heavy atom. The molecule has 0 spiro atoms. The fourth-order valence-corrected chi connectivity index (χ4v) is 3.90. The van der Waals surface area contributed by atoms with Crippen molar-refractivity contribution in [2.45, 2.75) is 24.4 Å². The highest BCUT2D eigenvalue weighted by molar-refractivity contribution is 5.84. The van der Waals surface area contributed by atoms with Crippen molar-refractivity contribution in [2.75, 3.05) is 20.1 Å². The Labute approximate surface area is 111 Å². The molecule has 4 rings (SSSR count). The monoisotopic (exact) mass is 259 g/mol. The fourth-order valence-electron chi connectivity index (χ4n) is 3.90. The van der Waals surface area contributed by atoms with Crippen molar-refractivity contribution in [3.63, 3.8) is 0 Å². The summed E-state index contributed by atoms with van der Waals surface area (Å²) in [7, 11) is 2.21. The number of H-pyrrole nitrogens is 1. The van der Waals surface area contributed by atoms with Crippen LogP contribution in [0, 0.1) is 5.82 Å². The molecule has 1 aromatic carbocycles. The van der Waals surface area contributed by atoms with Crippen LogP contribution >= 0.6 is 0 Å². The van der Waals surface area contributed by atoms with Crippen LogP contribution in [0.3, 0.4) is 0 Å². The molecule has 0 radical (unpaired) electrons. The molecule has 2 aliphatic rings. The Kier molecular flexibility index (Phi) is 2.44. The molecule has 2 aliphatic heterocycles. The summed E-state index contributed by atoms with van der Waals surface area (Å²) in [6.45, 7) is 2.18. The van der Waals surface area contributed by atoms with Crippen LogP contribution in [-0.4, -0.2) is 42.1 Å². The maximum atomic E-state index is 13.3. The van der Waals surface area contributed by atoms with Gasteiger partial charge >= 0.3 is 0 Å². The summed E-state index contributed by atoms with van der Waals surface area (Å²) in [4.78, 5) is 5.67. The predicted molar refractivity (Wildman–Crippen MR) is 73.8 cm³/mol. The van der Waals surface area contributed by atoms with Gasteiger partial charge < -0.3 is 15.2 Å². The van der Waals surface area contributed by atoms with Crippen LogP contribution in [-0.2, 0) is 0 Å². The van der Waals surface area contributed by atoms with Gasteiger partial charge in [0, 0.05) is 41.6 Å². The first-order valence-electron chi connectivity index (χ1n) is 6.94. The normalized spacial score (nSPS) is 31.2. The zero-order valence-corrected chi connectivity index (χ0v) is 11.0.